The van der Waals surface area contributed by atoms with E-state index in [0.717, 1.165) is 61.1 Å². The van der Waals surface area contributed by atoms with Crippen LogP contribution in [0.4, 0.5) is 5.69 Å². The molecule has 0 atom stereocenters. The Hall–Kier alpha value is -2.54. The van der Waals surface area contributed by atoms with Crippen molar-refractivity contribution in [2.24, 2.45) is 0 Å². The van der Waals surface area contributed by atoms with E-state index < -0.39 is 15.4 Å². The van der Waals surface area contributed by atoms with Gasteiger partial charge in [0, 0.05) is 13.1 Å². The van der Waals surface area contributed by atoms with Gasteiger partial charge in [0.1, 0.15) is 5.75 Å². The molecule has 7 heteroatoms. The first-order chi connectivity index (χ1) is 15.0. The van der Waals surface area contributed by atoms with Crippen molar-refractivity contribution in [1.82, 2.24) is 5.32 Å². The van der Waals surface area contributed by atoms with Crippen LogP contribution in [0.1, 0.15) is 43.2 Å². The van der Waals surface area contributed by atoms with Crippen LogP contribution in [0.25, 0.3) is 0 Å². The molecule has 2 aromatic rings. The van der Waals surface area contributed by atoms with Crippen molar-refractivity contribution in [3.05, 3.63) is 59.7 Å². The Morgan fingerprint density at radius 3 is 2.48 bits per heavy atom. The van der Waals surface area contributed by atoms with Crippen LogP contribution in [-0.2, 0) is 26.7 Å². The van der Waals surface area contributed by atoms with Crippen molar-refractivity contribution in [1.29, 1.82) is 0 Å². The molecule has 1 heterocycles. The number of carbonyl (C=O) groups excluding carboxylic acids is 1. The number of rotatable bonds is 7. The minimum absolute atomic E-state index is 0.0746. The third-order valence-electron chi connectivity index (χ3n) is 6.61. The first-order valence-corrected chi connectivity index (χ1v) is 12.6. The average molecular weight is 443 g/mol. The fourth-order valence-corrected chi connectivity index (χ4v) is 6.31. The number of nitrogens with one attached hydrogen (secondary N) is 1. The normalized spacial score (nSPS) is 17.8. The second-order valence-corrected chi connectivity index (χ2v) is 10.4. The quantitative estimate of drug-likeness (QED) is 0.713. The number of para-hydroxylation sites is 1. The Balaban J connectivity index is 1.45. The Morgan fingerprint density at radius 2 is 1.77 bits per heavy atom. The Kier molecular flexibility index (Phi) is 6.23. The van der Waals surface area contributed by atoms with E-state index in [4.69, 9.17) is 4.74 Å². The molecule has 0 bridgehead atoms. The van der Waals surface area contributed by atoms with Crippen molar-refractivity contribution in [2.45, 2.75) is 43.9 Å². The lowest BCUT2D eigenvalue weighted by Crippen LogP contribution is -2.47. The smallest absolute Gasteiger partial charge is 0.236 e. The zero-order valence-corrected chi connectivity index (χ0v) is 18.8. The predicted molar refractivity (Wildman–Crippen MR) is 122 cm³/mol. The summed E-state index contributed by atoms with van der Waals surface area (Å²) in [5.74, 6) is 0.577. The van der Waals surface area contributed by atoms with Gasteiger partial charge in [0.2, 0.25) is 15.9 Å². The molecule has 0 saturated heterocycles. The number of benzene rings is 2. The fourth-order valence-electron chi connectivity index (χ4n) is 4.88. The van der Waals surface area contributed by atoms with Crippen LogP contribution < -0.4 is 14.4 Å². The molecule has 2 aliphatic rings. The number of carbonyl (C=O) groups is 1. The van der Waals surface area contributed by atoms with Gasteiger partial charge in [-0.05, 0) is 48.6 Å². The standard InChI is InChI=1S/C24H30N2O4S/c1-30-21-11-9-20(10-12-21)24(14-5-2-6-15-24)23(27)25-16-18-31(28,29)26-17-13-19-7-3-4-8-22(19)26/h3-4,7-12H,2,5-6,13-18H2,1H3,(H,25,27). The van der Waals surface area contributed by atoms with Crippen LogP contribution in [0.5, 0.6) is 5.75 Å². The van der Waals surface area contributed by atoms with E-state index in [2.05, 4.69) is 5.32 Å². The van der Waals surface area contributed by atoms with Crippen molar-refractivity contribution in [2.75, 3.05) is 30.3 Å². The maximum atomic E-state index is 13.3. The minimum Gasteiger partial charge on any atom is -0.497 e. The molecule has 166 valence electrons. The van der Waals surface area contributed by atoms with Crippen LogP contribution in [-0.4, -0.2) is 40.3 Å². The largest absolute Gasteiger partial charge is 0.497 e. The summed E-state index contributed by atoms with van der Waals surface area (Å²) in [6, 6.07) is 15.3. The molecule has 0 aromatic heterocycles. The van der Waals surface area contributed by atoms with E-state index in [-0.39, 0.29) is 18.2 Å². The molecule has 1 amide bonds. The fraction of sp³-hybridized carbons (Fsp3) is 0.458. The Morgan fingerprint density at radius 1 is 1.06 bits per heavy atom. The van der Waals surface area contributed by atoms with E-state index in [1.54, 1.807) is 7.11 Å². The summed E-state index contributed by atoms with van der Waals surface area (Å²) in [5, 5.41) is 2.95. The number of sulfonamides is 1. The highest BCUT2D eigenvalue weighted by atomic mass is 32.2. The van der Waals surface area contributed by atoms with Gasteiger partial charge in [-0.1, -0.05) is 49.6 Å². The molecule has 6 nitrogen and oxygen atoms in total. The minimum atomic E-state index is -3.49. The second kappa shape index (κ2) is 8.91. The highest BCUT2D eigenvalue weighted by molar-refractivity contribution is 7.92. The lowest BCUT2D eigenvalue weighted by molar-refractivity contribution is -0.127. The van der Waals surface area contributed by atoms with Crippen LogP contribution >= 0.6 is 0 Å². The van der Waals surface area contributed by atoms with Gasteiger partial charge in [-0.25, -0.2) is 8.42 Å². The van der Waals surface area contributed by atoms with E-state index in [9.17, 15) is 13.2 Å². The molecular formula is C24H30N2O4S. The molecule has 0 unspecified atom stereocenters. The van der Waals surface area contributed by atoms with Gasteiger partial charge in [0.05, 0.1) is 24.0 Å². The summed E-state index contributed by atoms with van der Waals surface area (Å²) in [7, 11) is -1.87. The van der Waals surface area contributed by atoms with Gasteiger partial charge < -0.3 is 10.1 Å². The molecule has 0 spiro atoms. The molecule has 1 fully saturated rings. The van der Waals surface area contributed by atoms with E-state index >= 15 is 0 Å². The van der Waals surface area contributed by atoms with Crippen LogP contribution in [0.15, 0.2) is 48.5 Å². The molecule has 1 aliphatic heterocycles. The summed E-state index contributed by atoms with van der Waals surface area (Å²) in [6.07, 6.45) is 5.37. The molecular weight excluding hydrogens is 412 g/mol. The average Bonchev–Trinajstić information content (AvgIpc) is 3.24. The van der Waals surface area contributed by atoms with Gasteiger partial charge in [-0.2, -0.15) is 0 Å². The van der Waals surface area contributed by atoms with Crippen molar-refractivity contribution in [3.63, 3.8) is 0 Å². The van der Waals surface area contributed by atoms with Crippen molar-refractivity contribution >= 4 is 21.6 Å². The molecule has 2 aromatic carbocycles. The Labute approximate surface area is 184 Å². The monoisotopic (exact) mass is 442 g/mol. The number of hydrogen-bond donors (Lipinski definition) is 1. The second-order valence-electron chi connectivity index (χ2n) is 8.39. The number of methoxy groups -OCH3 is 1. The lowest BCUT2D eigenvalue weighted by atomic mass is 9.68. The molecule has 1 N–H and O–H groups in total. The summed E-state index contributed by atoms with van der Waals surface area (Å²) < 4.78 is 32.6. The number of nitrogens with zero attached hydrogens (tertiary/aromatic N) is 1. The van der Waals surface area contributed by atoms with Gasteiger partial charge in [0.15, 0.2) is 0 Å². The predicted octanol–water partition coefficient (Wildman–Crippen LogP) is 3.41. The summed E-state index contributed by atoms with van der Waals surface area (Å²) in [4.78, 5) is 13.3. The highest BCUT2D eigenvalue weighted by Gasteiger charge is 2.41. The maximum Gasteiger partial charge on any atom is 0.236 e. The first-order valence-electron chi connectivity index (χ1n) is 11.0. The molecule has 0 radical (unpaired) electrons. The van der Waals surface area contributed by atoms with Crippen LogP contribution in [0, 0.1) is 0 Å². The third kappa shape index (κ3) is 4.28. The van der Waals surface area contributed by atoms with Gasteiger partial charge >= 0.3 is 0 Å². The molecule has 1 saturated carbocycles. The van der Waals surface area contributed by atoms with Crippen molar-refractivity contribution < 1.29 is 17.9 Å². The zero-order valence-electron chi connectivity index (χ0n) is 18.0. The Bertz CT molecular complexity index is 1030. The first kappa shape index (κ1) is 21.7. The van der Waals surface area contributed by atoms with Gasteiger partial charge in [-0.15, -0.1) is 0 Å². The van der Waals surface area contributed by atoms with Crippen LogP contribution in [0.3, 0.4) is 0 Å². The molecule has 4 rings (SSSR count). The molecule has 1 aliphatic carbocycles. The third-order valence-corrected chi connectivity index (χ3v) is 8.38. The van der Waals surface area contributed by atoms with E-state index in [1.807, 2.05) is 48.5 Å². The van der Waals surface area contributed by atoms with E-state index in [0.29, 0.717) is 6.54 Å². The van der Waals surface area contributed by atoms with Gasteiger partial charge in [-0.3, -0.25) is 9.10 Å². The zero-order chi connectivity index (χ0) is 21.9. The lowest BCUT2D eigenvalue weighted by Gasteiger charge is -2.36. The summed E-state index contributed by atoms with van der Waals surface area (Å²) in [6.45, 7) is 0.573. The maximum absolute atomic E-state index is 13.3. The molecule has 31 heavy (non-hydrogen) atoms. The highest BCUT2D eigenvalue weighted by Crippen LogP contribution is 2.40. The number of ether oxygens (including phenoxy) is 1. The van der Waals surface area contributed by atoms with Crippen molar-refractivity contribution in [3.8, 4) is 5.75 Å². The number of amides is 1. The number of fused-ring (bicyclic) bond motifs is 1. The number of anilines is 1. The van der Waals surface area contributed by atoms with E-state index in [1.165, 1.54) is 4.31 Å². The topological polar surface area (TPSA) is 75.7 Å². The van der Waals surface area contributed by atoms with Crippen LogP contribution in [0.2, 0.25) is 0 Å². The van der Waals surface area contributed by atoms with Gasteiger partial charge in [0.25, 0.3) is 0 Å². The summed E-state index contributed by atoms with van der Waals surface area (Å²) >= 11 is 0. The number of hydrogen-bond acceptors (Lipinski definition) is 4. The summed E-state index contributed by atoms with van der Waals surface area (Å²) in [5.41, 5.74) is 2.18. The SMILES string of the molecule is COc1ccc(C2(C(=O)NCCS(=O)(=O)N3CCc4ccccc43)CCCCC2)cc1.